The molecule has 0 heterocycles. The van der Waals surface area contributed by atoms with E-state index in [0.29, 0.717) is 5.75 Å². The highest BCUT2D eigenvalue weighted by Gasteiger charge is 2.33. The lowest BCUT2D eigenvalue weighted by molar-refractivity contribution is -0.139. The van der Waals surface area contributed by atoms with Crippen LogP contribution in [0.25, 0.3) is 0 Å². The first-order valence-electron chi connectivity index (χ1n) is 3.98. The molecule has 0 aromatic heterocycles. The Bertz CT molecular complexity index is 322. The van der Waals surface area contributed by atoms with Crippen molar-refractivity contribution in [2.24, 2.45) is 0 Å². The summed E-state index contributed by atoms with van der Waals surface area (Å²) >= 11 is 1.06. The Hall–Kier alpha value is -0.840. The minimum absolute atomic E-state index is 0.0694. The van der Waals surface area contributed by atoms with Gasteiger partial charge in [0.2, 0.25) is 0 Å². The van der Waals surface area contributed by atoms with Crippen LogP contribution in [-0.4, -0.2) is 10.9 Å². The van der Waals surface area contributed by atoms with Crippen LogP contribution in [0.2, 0.25) is 0 Å². The lowest BCUT2D eigenvalue weighted by Crippen LogP contribution is -2.06. The fourth-order valence-electron chi connectivity index (χ4n) is 1.02. The molecule has 0 saturated heterocycles. The summed E-state index contributed by atoms with van der Waals surface area (Å²) in [6.07, 6.45) is -4.36. The van der Waals surface area contributed by atoms with Crippen molar-refractivity contribution in [2.45, 2.75) is 18.0 Å². The largest absolute Gasteiger partial charge is 0.508 e. The number of rotatable bonds is 2. The van der Waals surface area contributed by atoms with Crippen LogP contribution in [-0.2, 0) is 6.18 Å². The quantitative estimate of drug-likeness (QED) is 0.772. The Kier molecular flexibility index (Phi) is 3.31. The Morgan fingerprint density at radius 3 is 2.50 bits per heavy atom. The van der Waals surface area contributed by atoms with Gasteiger partial charge in [-0.3, -0.25) is 0 Å². The van der Waals surface area contributed by atoms with Crippen LogP contribution in [0.4, 0.5) is 13.2 Å². The number of alkyl halides is 3. The van der Waals surface area contributed by atoms with Crippen molar-refractivity contribution in [3.8, 4) is 5.75 Å². The maximum absolute atomic E-state index is 12.4. The van der Waals surface area contributed by atoms with Crippen molar-refractivity contribution < 1.29 is 18.3 Å². The van der Waals surface area contributed by atoms with Crippen LogP contribution in [0.1, 0.15) is 12.5 Å². The van der Waals surface area contributed by atoms with E-state index in [9.17, 15) is 13.2 Å². The highest BCUT2D eigenvalue weighted by molar-refractivity contribution is 7.99. The van der Waals surface area contributed by atoms with Gasteiger partial charge < -0.3 is 5.11 Å². The minimum atomic E-state index is -4.36. The van der Waals surface area contributed by atoms with Gasteiger partial charge in [0.15, 0.2) is 0 Å². The van der Waals surface area contributed by atoms with Gasteiger partial charge in [-0.05, 0) is 24.0 Å². The normalized spacial score (nSPS) is 11.7. The number of phenols is 1. The number of benzene rings is 1. The summed E-state index contributed by atoms with van der Waals surface area (Å²) < 4.78 is 37.2. The molecule has 1 aromatic carbocycles. The molecule has 1 rings (SSSR count). The van der Waals surface area contributed by atoms with Gasteiger partial charge in [0.1, 0.15) is 5.75 Å². The molecule has 0 spiro atoms. The third kappa shape index (κ3) is 2.57. The molecule has 0 aliphatic carbocycles. The molecule has 0 fully saturated rings. The zero-order chi connectivity index (χ0) is 10.8. The molecule has 0 aliphatic rings. The minimum Gasteiger partial charge on any atom is -0.508 e. The molecule has 0 amide bonds. The standard InChI is InChI=1S/C9H9F3OS/c1-2-14-8-5-6(13)3-4-7(8)9(10,11)12/h3-5,13H,2H2,1H3. The second kappa shape index (κ2) is 4.13. The van der Waals surface area contributed by atoms with Gasteiger partial charge in [-0.1, -0.05) is 6.92 Å². The number of aromatic hydroxyl groups is 1. The average Bonchev–Trinajstić information content (AvgIpc) is 2.02. The van der Waals surface area contributed by atoms with E-state index in [1.807, 2.05) is 0 Å². The SMILES string of the molecule is CCSc1cc(O)ccc1C(F)(F)F. The van der Waals surface area contributed by atoms with Gasteiger partial charge in [0.05, 0.1) is 5.56 Å². The third-order valence-electron chi connectivity index (χ3n) is 1.57. The van der Waals surface area contributed by atoms with E-state index >= 15 is 0 Å². The average molecular weight is 222 g/mol. The van der Waals surface area contributed by atoms with Crippen LogP contribution < -0.4 is 0 Å². The molecular formula is C9H9F3OS. The maximum atomic E-state index is 12.4. The number of thioether (sulfide) groups is 1. The lowest BCUT2D eigenvalue weighted by Gasteiger charge is -2.11. The second-order valence-electron chi connectivity index (χ2n) is 2.61. The zero-order valence-corrected chi connectivity index (χ0v) is 8.25. The van der Waals surface area contributed by atoms with E-state index in [1.54, 1.807) is 6.92 Å². The molecule has 0 atom stereocenters. The summed E-state index contributed by atoms with van der Waals surface area (Å²) in [6, 6.07) is 3.08. The number of halogens is 3. The molecule has 1 aromatic rings. The summed E-state index contributed by atoms with van der Waals surface area (Å²) in [6.45, 7) is 1.76. The van der Waals surface area contributed by atoms with Crippen molar-refractivity contribution in [1.29, 1.82) is 0 Å². The molecule has 0 radical (unpaired) electrons. The van der Waals surface area contributed by atoms with Gasteiger partial charge in [-0.15, -0.1) is 11.8 Å². The Morgan fingerprint density at radius 2 is 2.00 bits per heavy atom. The van der Waals surface area contributed by atoms with E-state index in [2.05, 4.69) is 0 Å². The first-order valence-corrected chi connectivity index (χ1v) is 4.96. The number of hydrogen-bond donors (Lipinski definition) is 1. The summed E-state index contributed by atoms with van der Waals surface area (Å²) in [5.74, 6) is 0.390. The molecule has 14 heavy (non-hydrogen) atoms. The van der Waals surface area contributed by atoms with Gasteiger partial charge in [-0.25, -0.2) is 0 Å². The molecular weight excluding hydrogens is 213 g/mol. The first kappa shape index (κ1) is 11.2. The molecule has 1 nitrogen and oxygen atoms in total. The predicted molar refractivity (Wildman–Crippen MR) is 49.5 cm³/mol. The first-order chi connectivity index (χ1) is 6.45. The van der Waals surface area contributed by atoms with Crippen LogP contribution in [0.3, 0.4) is 0 Å². The summed E-state index contributed by atoms with van der Waals surface area (Å²) in [5, 5.41) is 9.05. The maximum Gasteiger partial charge on any atom is 0.417 e. The molecule has 0 aliphatic heterocycles. The van der Waals surface area contributed by atoms with Crippen LogP contribution >= 0.6 is 11.8 Å². The Morgan fingerprint density at radius 1 is 1.36 bits per heavy atom. The fourth-order valence-corrected chi connectivity index (χ4v) is 1.87. The molecule has 5 heteroatoms. The van der Waals surface area contributed by atoms with E-state index in [-0.39, 0.29) is 10.6 Å². The van der Waals surface area contributed by atoms with E-state index in [0.717, 1.165) is 30.0 Å². The summed E-state index contributed by atoms with van der Waals surface area (Å²) in [7, 11) is 0. The lowest BCUT2D eigenvalue weighted by atomic mass is 10.2. The highest BCUT2D eigenvalue weighted by Crippen LogP contribution is 2.38. The second-order valence-corrected chi connectivity index (χ2v) is 3.92. The molecule has 78 valence electrons. The van der Waals surface area contributed by atoms with Gasteiger partial charge >= 0.3 is 6.18 Å². The van der Waals surface area contributed by atoms with E-state index in [1.165, 1.54) is 0 Å². The van der Waals surface area contributed by atoms with Gasteiger partial charge in [-0.2, -0.15) is 13.2 Å². The van der Waals surface area contributed by atoms with Crippen molar-refractivity contribution in [3.63, 3.8) is 0 Å². The smallest absolute Gasteiger partial charge is 0.417 e. The fraction of sp³-hybridized carbons (Fsp3) is 0.333. The zero-order valence-electron chi connectivity index (χ0n) is 7.43. The Labute approximate surface area is 83.9 Å². The monoisotopic (exact) mass is 222 g/mol. The topological polar surface area (TPSA) is 20.2 Å². The summed E-state index contributed by atoms with van der Waals surface area (Å²) in [4.78, 5) is 0.0694. The van der Waals surface area contributed by atoms with Crippen LogP contribution in [0.15, 0.2) is 23.1 Å². The van der Waals surface area contributed by atoms with Crippen LogP contribution in [0.5, 0.6) is 5.75 Å². The van der Waals surface area contributed by atoms with Gasteiger partial charge in [0.25, 0.3) is 0 Å². The van der Waals surface area contributed by atoms with Crippen molar-refractivity contribution in [2.75, 3.05) is 5.75 Å². The van der Waals surface area contributed by atoms with Crippen LogP contribution in [0, 0.1) is 0 Å². The van der Waals surface area contributed by atoms with Crippen molar-refractivity contribution in [3.05, 3.63) is 23.8 Å². The molecule has 0 saturated carbocycles. The van der Waals surface area contributed by atoms with Crippen molar-refractivity contribution in [1.82, 2.24) is 0 Å². The van der Waals surface area contributed by atoms with Crippen molar-refractivity contribution >= 4 is 11.8 Å². The van der Waals surface area contributed by atoms with Gasteiger partial charge in [0, 0.05) is 4.90 Å². The Balaban J connectivity index is 3.15. The van der Waals surface area contributed by atoms with E-state index < -0.39 is 11.7 Å². The molecule has 0 bridgehead atoms. The molecule has 0 unspecified atom stereocenters. The van der Waals surface area contributed by atoms with E-state index in [4.69, 9.17) is 5.11 Å². The highest BCUT2D eigenvalue weighted by atomic mass is 32.2. The predicted octanol–water partition coefficient (Wildman–Crippen LogP) is 3.52. The molecule has 1 N–H and O–H groups in total. The third-order valence-corrected chi connectivity index (χ3v) is 2.51. The number of phenolic OH excluding ortho intramolecular Hbond substituents is 1. The number of hydrogen-bond acceptors (Lipinski definition) is 2. The summed E-state index contributed by atoms with van der Waals surface area (Å²) in [5.41, 5.74) is -0.692.